The molecule has 2 aromatic carbocycles. The van der Waals surface area contributed by atoms with Crippen LogP contribution >= 0.6 is 23.2 Å². The maximum atomic E-state index is 12.8. The van der Waals surface area contributed by atoms with Gasteiger partial charge in [0.25, 0.3) is 10.0 Å². The molecule has 0 aromatic heterocycles. The second-order valence-corrected chi connectivity index (χ2v) is 6.78. The lowest BCUT2D eigenvalue weighted by molar-refractivity contribution is -0.137. The number of anilines is 1. The van der Waals surface area contributed by atoms with Gasteiger partial charge in [-0.2, -0.15) is 13.2 Å². The molecule has 0 atom stereocenters. The van der Waals surface area contributed by atoms with Crippen molar-refractivity contribution >= 4 is 38.9 Å². The van der Waals surface area contributed by atoms with E-state index in [0.717, 1.165) is 12.1 Å². The number of nitrogens with one attached hydrogen (secondary N) is 1. The summed E-state index contributed by atoms with van der Waals surface area (Å²) in [4.78, 5) is -0.542. The zero-order chi connectivity index (χ0) is 16.5. The van der Waals surface area contributed by atoms with Gasteiger partial charge < -0.3 is 0 Å². The molecule has 2 rings (SSSR count). The molecule has 3 nitrogen and oxygen atoms in total. The number of hydrogen-bond donors (Lipinski definition) is 1. The maximum Gasteiger partial charge on any atom is 0.417 e. The van der Waals surface area contributed by atoms with Crippen molar-refractivity contribution in [3.05, 3.63) is 58.1 Å². The molecule has 0 radical (unpaired) electrons. The molecule has 0 aliphatic rings. The predicted octanol–water partition coefficient (Wildman–Crippen LogP) is 4.81. The van der Waals surface area contributed by atoms with Crippen molar-refractivity contribution in [2.45, 2.75) is 11.1 Å². The summed E-state index contributed by atoms with van der Waals surface area (Å²) in [7, 11) is -4.18. The number of alkyl halides is 3. The highest BCUT2D eigenvalue weighted by atomic mass is 35.5. The van der Waals surface area contributed by atoms with Crippen molar-refractivity contribution in [3.8, 4) is 0 Å². The van der Waals surface area contributed by atoms with Gasteiger partial charge in [-0.15, -0.1) is 0 Å². The third kappa shape index (κ3) is 3.85. The van der Waals surface area contributed by atoms with Crippen LogP contribution in [0.5, 0.6) is 0 Å². The van der Waals surface area contributed by atoms with Gasteiger partial charge in [0.2, 0.25) is 0 Å². The Balaban J connectivity index is 2.39. The first-order valence-corrected chi connectivity index (χ1v) is 7.98. The van der Waals surface area contributed by atoms with Crippen LogP contribution < -0.4 is 4.72 Å². The van der Waals surface area contributed by atoms with Crippen LogP contribution in [0.4, 0.5) is 18.9 Å². The molecule has 0 amide bonds. The van der Waals surface area contributed by atoms with Crippen molar-refractivity contribution in [2.75, 3.05) is 4.72 Å². The van der Waals surface area contributed by atoms with Crippen molar-refractivity contribution in [2.24, 2.45) is 0 Å². The minimum Gasteiger partial charge on any atom is -0.280 e. The fourth-order valence-electron chi connectivity index (χ4n) is 1.62. The normalized spacial score (nSPS) is 12.2. The smallest absolute Gasteiger partial charge is 0.280 e. The van der Waals surface area contributed by atoms with E-state index in [1.807, 2.05) is 0 Å². The van der Waals surface area contributed by atoms with Gasteiger partial charge in [-0.3, -0.25) is 4.72 Å². The molecule has 0 heterocycles. The van der Waals surface area contributed by atoms with Gasteiger partial charge in [0.1, 0.15) is 0 Å². The Bertz CT molecular complexity index is 790. The van der Waals surface area contributed by atoms with Crippen LogP contribution in [0.2, 0.25) is 10.0 Å². The summed E-state index contributed by atoms with van der Waals surface area (Å²) >= 11 is 11.1. The van der Waals surface area contributed by atoms with Crippen LogP contribution in [0.3, 0.4) is 0 Å². The van der Waals surface area contributed by atoms with E-state index >= 15 is 0 Å². The average molecular weight is 370 g/mol. The van der Waals surface area contributed by atoms with Crippen LogP contribution in [0, 0.1) is 0 Å². The van der Waals surface area contributed by atoms with Crippen molar-refractivity contribution in [3.63, 3.8) is 0 Å². The highest BCUT2D eigenvalue weighted by Crippen LogP contribution is 2.36. The molecule has 9 heteroatoms. The van der Waals surface area contributed by atoms with E-state index in [1.165, 1.54) is 24.3 Å². The molecule has 0 spiro atoms. The summed E-state index contributed by atoms with van der Waals surface area (Å²) in [6.07, 6.45) is -4.75. The zero-order valence-electron chi connectivity index (χ0n) is 10.7. The molecule has 0 bridgehead atoms. The van der Waals surface area contributed by atoms with Gasteiger partial charge in [-0.05, 0) is 42.5 Å². The second-order valence-electron chi connectivity index (χ2n) is 4.25. The molecule has 0 saturated carbocycles. The first-order valence-electron chi connectivity index (χ1n) is 5.75. The topological polar surface area (TPSA) is 46.2 Å². The van der Waals surface area contributed by atoms with Crippen LogP contribution in [0.1, 0.15) is 5.56 Å². The minimum atomic E-state index is -4.75. The van der Waals surface area contributed by atoms with Crippen LogP contribution in [-0.2, 0) is 16.2 Å². The Morgan fingerprint density at radius 1 is 0.955 bits per heavy atom. The lowest BCUT2D eigenvalue weighted by Gasteiger charge is -2.12. The summed E-state index contributed by atoms with van der Waals surface area (Å²) in [5.74, 6) is 0. The van der Waals surface area contributed by atoms with E-state index in [9.17, 15) is 21.6 Å². The van der Waals surface area contributed by atoms with E-state index in [4.69, 9.17) is 23.2 Å². The molecule has 0 fully saturated rings. The van der Waals surface area contributed by atoms with Gasteiger partial charge in [0.05, 0.1) is 15.5 Å². The van der Waals surface area contributed by atoms with Gasteiger partial charge in [0, 0.05) is 10.7 Å². The Labute approximate surface area is 134 Å². The summed E-state index contributed by atoms with van der Waals surface area (Å²) < 4.78 is 64.7. The summed E-state index contributed by atoms with van der Waals surface area (Å²) in [5.41, 5.74) is -1.04. The van der Waals surface area contributed by atoms with Crippen molar-refractivity contribution in [1.29, 1.82) is 0 Å². The second kappa shape index (κ2) is 5.98. The molecule has 2 aromatic rings. The Morgan fingerprint density at radius 2 is 1.55 bits per heavy atom. The predicted molar refractivity (Wildman–Crippen MR) is 78.7 cm³/mol. The molecular formula is C13H8Cl2F3NO2S. The summed E-state index contributed by atoms with van der Waals surface area (Å²) in [6, 6.07) is 8.04. The van der Waals surface area contributed by atoms with Crippen molar-refractivity contribution < 1.29 is 21.6 Å². The maximum absolute atomic E-state index is 12.8. The Kier molecular flexibility index (Phi) is 4.60. The van der Waals surface area contributed by atoms with Crippen LogP contribution in [-0.4, -0.2) is 8.42 Å². The first kappa shape index (κ1) is 16.9. The zero-order valence-corrected chi connectivity index (χ0v) is 13.0. The summed E-state index contributed by atoms with van der Waals surface area (Å²) in [6.45, 7) is 0. The molecule has 0 aliphatic heterocycles. The standard InChI is InChI=1S/C13H8Cl2F3NO2S/c14-8-1-3-9(4-2-8)19-22(20,21)10-5-6-12(15)11(7-10)13(16,17)18/h1-7,19H. The number of rotatable bonds is 3. The fraction of sp³-hybridized carbons (Fsp3) is 0.0769. The fourth-order valence-corrected chi connectivity index (χ4v) is 3.06. The average Bonchev–Trinajstić information content (AvgIpc) is 2.40. The van der Waals surface area contributed by atoms with E-state index in [0.29, 0.717) is 11.1 Å². The van der Waals surface area contributed by atoms with Gasteiger partial charge >= 0.3 is 6.18 Å². The van der Waals surface area contributed by atoms with E-state index < -0.39 is 31.7 Å². The Hall–Kier alpha value is -1.44. The van der Waals surface area contributed by atoms with Crippen molar-refractivity contribution in [1.82, 2.24) is 0 Å². The molecule has 0 aliphatic carbocycles. The lowest BCUT2D eigenvalue weighted by atomic mass is 10.2. The lowest BCUT2D eigenvalue weighted by Crippen LogP contribution is -2.15. The SMILES string of the molecule is O=S(=O)(Nc1ccc(Cl)cc1)c1ccc(Cl)c(C(F)(F)F)c1. The van der Waals surface area contributed by atoms with Gasteiger partial charge in [-0.1, -0.05) is 23.2 Å². The third-order valence-electron chi connectivity index (χ3n) is 2.65. The highest BCUT2D eigenvalue weighted by molar-refractivity contribution is 7.92. The van der Waals surface area contributed by atoms with E-state index in [1.54, 1.807) is 0 Å². The third-order valence-corrected chi connectivity index (χ3v) is 4.61. The molecule has 0 saturated heterocycles. The summed E-state index contributed by atoms with van der Waals surface area (Å²) in [5, 5.41) is -0.174. The van der Waals surface area contributed by atoms with Crippen LogP contribution in [0.25, 0.3) is 0 Å². The molecule has 0 unspecified atom stereocenters. The minimum absolute atomic E-state index is 0.174. The molecule has 118 valence electrons. The van der Waals surface area contributed by atoms with Gasteiger partial charge in [0.15, 0.2) is 0 Å². The molecular weight excluding hydrogens is 362 g/mol. The van der Waals surface area contributed by atoms with Gasteiger partial charge in [-0.25, -0.2) is 8.42 Å². The Morgan fingerprint density at radius 3 is 2.09 bits per heavy atom. The first-order chi connectivity index (χ1) is 10.1. The highest BCUT2D eigenvalue weighted by Gasteiger charge is 2.34. The molecule has 22 heavy (non-hydrogen) atoms. The monoisotopic (exact) mass is 369 g/mol. The van der Waals surface area contributed by atoms with E-state index in [-0.39, 0.29) is 5.69 Å². The number of benzene rings is 2. The number of halogens is 5. The number of sulfonamides is 1. The largest absolute Gasteiger partial charge is 0.417 e. The van der Waals surface area contributed by atoms with Crippen LogP contribution in [0.15, 0.2) is 47.4 Å². The van der Waals surface area contributed by atoms with E-state index in [2.05, 4.69) is 4.72 Å². The number of hydrogen-bond acceptors (Lipinski definition) is 2. The quantitative estimate of drug-likeness (QED) is 0.843. The molecule has 1 N–H and O–H groups in total.